The van der Waals surface area contributed by atoms with Crippen molar-refractivity contribution >= 4 is 23.4 Å². The van der Waals surface area contributed by atoms with E-state index in [4.69, 9.17) is 9.47 Å². The summed E-state index contributed by atoms with van der Waals surface area (Å²) < 4.78 is 11.8. The predicted octanol–water partition coefficient (Wildman–Crippen LogP) is 5.34. The standard InChI is InChI=1S/C27H23N3O3/c1-3-32-26-16-20(13-14-25(26)33-18-22-10-8-7-9-21(22)17-28)15-24-19(2)29-30(27(24)31)23-11-5-4-6-12-23/h4-16H,3,18H2,1-2H3/b24-15-. The van der Waals surface area contributed by atoms with Crippen LogP contribution < -0.4 is 14.5 Å². The van der Waals surface area contributed by atoms with Gasteiger partial charge in [0.15, 0.2) is 11.5 Å². The van der Waals surface area contributed by atoms with E-state index in [0.29, 0.717) is 35.0 Å². The summed E-state index contributed by atoms with van der Waals surface area (Å²) in [6, 6.07) is 24.4. The summed E-state index contributed by atoms with van der Waals surface area (Å²) in [4.78, 5) is 13.0. The van der Waals surface area contributed by atoms with Gasteiger partial charge in [-0.05, 0) is 55.8 Å². The van der Waals surface area contributed by atoms with Crippen LogP contribution in [0.25, 0.3) is 6.08 Å². The van der Waals surface area contributed by atoms with Crippen LogP contribution in [0.5, 0.6) is 11.5 Å². The lowest BCUT2D eigenvalue weighted by Crippen LogP contribution is -2.21. The van der Waals surface area contributed by atoms with E-state index in [1.165, 1.54) is 5.01 Å². The van der Waals surface area contributed by atoms with E-state index in [2.05, 4.69) is 11.2 Å². The molecule has 0 spiro atoms. The molecule has 1 heterocycles. The van der Waals surface area contributed by atoms with E-state index < -0.39 is 0 Å². The topological polar surface area (TPSA) is 74.9 Å². The van der Waals surface area contributed by atoms with Gasteiger partial charge in [-0.2, -0.15) is 15.4 Å². The van der Waals surface area contributed by atoms with Gasteiger partial charge >= 0.3 is 0 Å². The number of nitriles is 1. The van der Waals surface area contributed by atoms with Gasteiger partial charge in [-0.1, -0.05) is 42.5 Å². The Morgan fingerprint density at radius 1 is 1.00 bits per heavy atom. The minimum atomic E-state index is -0.176. The Hall–Kier alpha value is -4.37. The molecule has 3 aromatic carbocycles. The number of hydrogen-bond donors (Lipinski definition) is 0. The molecule has 0 unspecified atom stereocenters. The van der Waals surface area contributed by atoms with E-state index in [9.17, 15) is 10.1 Å². The molecule has 1 aliphatic heterocycles. The van der Waals surface area contributed by atoms with Crippen molar-refractivity contribution in [1.29, 1.82) is 5.26 Å². The zero-order chi connectivity index (χ0) is 23.2. The SMILES string of the molecule is CCOc1cc(/C=C2\C(=O)N(c3ccccc3)N=C2C)ccc1OCc1ccccc1C#N. The average Bonchev–Trinajstić information content (AvgIpc) is 3.13. The van der Waals surface area contributed by atoms with Crippen LogP contribution in [0.3, 0.4) is 0 Å². The fourth-order valence-corrected chi connectivity index (χ4v) is 3.51. The largest absolute Gasteiger partial charge is 0.490 e. The molecule has 33 heavy (non-hydrogen) atoms. The van der Waals surface area contributed by atoms with Crippen molar-refractivity contribution < 1.29 is 14.3 Å². The summed E-state index contributed by atoms with van der Waals surface area (Å²) in [5, 5.41) is 15.1. The summed E-state index contributed by atoms with van der Waals surface area (Å²) in [5.41, 5.74) is 4.08. The Morgan fingerprint density at radius 3 is 2.52 bits per heavy atom. The fraction of sp³-hybridized carbons (Fsp3) is 0.148. The van der Waals surface area contributed by atoms with Crippen LogP contribution in [-0.4, -0.2) is 18.2 Å². The molecular formula is C27H23N3O3. The van der Waals surface area contributed by atoms with Crippen molar-refractivity contribution in [2.75, 3.05) is 11.6 Å². The molecule has 0 N–H and O–H groups in total. The zero-order valence-electron chi connectivity index (χ0n) is 18.5. The first kappa shape index (κ1) is 21.8. The number of benzene rings is 3. The fourth-order valence-electron chi connectivity index (χ4n) is 3.51. The summed E-state index contributed by atoms with van der Waals surface area (Å²) in [7, 11) is 0. The van der Waals surface area contributed by atoms with Crippen molar-refractivity contribution in [3.63, 3.8) is 0 Å². The first-order chi connectivity index (χ1) is 16.1. The minimum Gasteiger partial charge on any atom is -0.490 e. The van der Waals surface area contributed by atoms with Gasteiger partial charge in [-0.25, -0.2) is 0 Å². The lowest BCUT2D eigenvalue weighted by atomic mass is 10.1. The summed E-state index contributed by atoms with van der Waals surface area (Å²) in [6.45, 7) is 4.43. The lowest BCUT2D eigenvalue weighted by Gasteiger charge is -2.14. The molecule has 0 bridgehead atoms. The molecule has 6 nitrogen and oxygen atoms in total. The van der Waals surface area contributed by atoms with Crippen molar-refractivity contribution in [3.8, 4) is 17.6 Å². The van der Waals surface area contributed by atoms with Gasteiger partial charge in [0.1, 0.15) is 6.61 Å². The highest BCUT2D eigenvalue weighted by Gasteiger charge is 2.28. The third-order valence-electron chi connectivity index (χ3n) is 5.16. The highest BCUT2D eigenvalue weighted by Crippen LogP contribution is 2.31. The van der Waals surface area contributed by atoms with Gasteiger partial charge in [-0.15, -0.1) is 0 Å². The van der Waals surface area contributed by atoms with Crippen LogP contribution in [0.4, 0.5) is 5.69 Å². The number of anilines is 1. The van der Waals surface area contributed by atoms with Crippen LogP contribution in [0.2, 0.25) is 0 Å². The second-order valence-corrected chi connectivity index (χ2v) is 7.39. The van der Waals surface area contributed by atoms with E-state index >= 15 is 0 Å². The second kappa shape index (κ2) is 9.84. The average molecular weight is 437 g/mol. The van der Waals surface area contributed by atoms with Crippen LogP contribution in [-0.2, 0) is 11.4 Å². The van der Waals surface area contributed by atoms with Crippen molar-refractivity contribution in [2.45, 2.75) is 20.5 Å². The summed E-state index contributed by atoms with van der Waals surface area (Å²) in [5.74, 6) is 0.965. The van der Waals surface area contributed by atoms with E-state index in [1.54, 1.807) is 12.1 Å². The number of para-hydroxylation sites is 1. The number of hydrogen-bond acceptors (Lipinski definition) is 5. The summed E-state index contributed by atoms with van der Waals surface area (Å²) in [6.07, 6.45) is 1.81. The molecule has 6 heteroatoms. The third kappa shape index (κ3) is 4.78. The predicted molar refractivity (Wildman–Crippen MR) is 128 cm³/mol. The van der Waals surface area contributed by atoms with Crippen LogP contribution >= 0.6 is 0 Å². The lowest BCUT2D eigenvalue weighted by molar-refractivity contribution is -0.114. The molecule has 164 valence electrons. The number of carbonyl (C=O) groups excluding carboxylic acids is 1. The highest BCUT2D eigenvalue weighted by atomic mass is 16.5. The van der Waals surface area contributed by atoms with Gasteiger partial charge in [0.2, 0.25) is 0 Å². The van der Waals surface area contributed by atoms with Crippen LogP contribution in [0.1, 0.15) is 30.5 Å². The number of ether oxygens (including phenoxy) is 2. The van der Waals surface area contributed by atoms with Gasteiger partial charge in [-0.3, -0.25) is 4.79 Å². The molecule has 0 fully saturated rings. The highest BCUT2D eigenvalue weighted by molar-refractivity contribution is 6.32. The Bertz CT molecular complexity index is 1270. The molecule has 3 aromatic rings. The van der Waals surface area contributed by atoms with Crippen molar-refractivity contribution in [3.05, 3.63) is 95.1 Å². The van der Waals surface area contributed by atoms with E-state index in [0.717, 1.165) is 16.8 Å². The van der Waals surface area contributed by atoms with E-state index in [-0.39, 0.29) is 12.5 Å². The van der Waals surface area contributed by atoms with Gasteiger partial charge in [0.25, 0.3) is 5.91 Å². The molecule has 4 rings (SSSR count). The van der Waals surface area contributed by atoms with Crippen molar-refractivity contribution in [2.24, 2.45) is 5.10 Å². The number of carbonyl (C=O) groups is 1. The Morgan fingerprint density at radius 2 is 1.76 bits per heavy atom. The number of nitrogens with zero attached hydrogens (tertiary/aromatic N) is 3. The number of hydrazone groups is 1. The minimum absolute atomic E-state index is 0.176. The monoisotopic (exact) mass is 437 g/mol. The molecule has 0 aliphatic carbocycles. The quantitative estimate of drug-likeness (QED) is 0.468. The molecule has 0 saturated carbocycles. The van der Waals surface area contributed by atoms with Crippen LogP contribution in [0, 0.1) is 11.3 Å². The zero-order valence-corrected chi connectivity index (χ0v) is 18.5. The maximum atomic E-state index is 13.0. The van der Waals surface area contributed by atoms with Crippen LogP contribution in [0.15, 0.2) is 83.5 Å². The molecule has 1 aliphatic rings. The Labute approximate surface area is 193 Å². The normalized spacial score (nSPS) is 14.2. The van der Waals surface area contributed by atoms with Gasteiger partial charge < -0.3 is 9.47 Å². The van der Waals surface area contributed by atoms with Crippen molar-refractivity contribution in [1.82, 2.24) is 0 Å². The first-order valence-electron chi connectivity index (χ1n) is 10.6. The molecule has 0 atom stereocenters. The second-order valence-electron chi connectivity index (χ2n) is 7.39. The van der Waals surface area contributed by atoms with E-state index in [1.807, 2.05) is 80.6 Å². The Balaban J connectivity index is 1.57. The smallest absolute Gasteiger partial charge is 0.280 e. The molecule has 0 saturated heterocycles. The van der Waals surface area contributed by atoms with Gasteiger partial charge in [0, 0.05) is 5.56 Å². The molecule has 0 aromatic heterocycles. The van der Waals surface area contributed by atoms with Gasteiger partial charge in [0.05, 0.1) is 35.2 Å². The third-order valence-corrected chi connectivity index (χ3v) is 5.16. The Kier molecular flexibility index (Phi) is 6.51. The first-order valence-corrected chi connectivity index (χ1v) is 10.6. The maximum absolute atomic E-state index is 13.0. The molecular weight excluding hydrogens is 414 g/mol. The number of amides is 1. The molecule has 0 radical (unpaired) electrons. The number of rotatable bonds is 7. The maximum Gasteiger partial charge on any atom is 0.280 e. The summed E-state index contributed by atoms with van der Waals surface area (Å²) >= 11 is 0. The molecule has 1 amide bonds.